The Hall–Kier alpha value is -5.49. The van der Waals surface area contributed by atoms with Crippen molar-refractivity contribution in [3.8, 4) is 0 Å². The molecule has 0 amide bonds. The zero-order chi connectivity index (χ0) is 51.4. The summed E-state index contributed by atoms with van der Waals surface area (Å²) < 4.78 is 16.6. The van der Waals surface area contributed by atoms with E-state index in [1.54, 1.807) is 6.08 Å². The molecule has 0 bridgehead atoms. The topological polar surface area (TPSA) is 78.9 Å². The summed E-state index contributed by atoms with van der Waals surface area (Å²) in [7, 11) is 0. The molecule has 0 aliphatic rings. The zero-order valence-corrected chi connectivity index (χ0v) is 44.6. The Labute approximate surface area is 434 Å². The number of hydrogen-bond donors (Lipinski definition) is 0. The number of rotatable bonds is 46. The van der Waals surface area contributed by atoms with E-state index >= 15 is 0 Å². The number of unbranched alkanes of at least 4 members (excludes halogenated alkanes) is 6. The lowest BCUT2D eigenvalue weighted by molar-refractivity contribution is -0.166. The van der Waals surface area contributed by atoms with Gasteiger partial charge in [0.2, 0.25) is 0 Å². The van der Waals surface area contributed by atoms with Gasteiger partial charge in [0, 0.05) is 12.8 Å². The Morgan fingerprint density at radius 1 is 0.296 bits per heavy atom. The number of carbonyl (C=O) groups excluding carboxylic acids is 3. The van der Waals surface area contributed by atoms with Crippen molar-refractivity contribution >= 4 is 17.9 Å². The predicted octanol–water partition coefficient (Wildman–Crippen LogP) is 18.5. The van der Waals surface area contributed by atoms with Crippen LogP contribution < -0.4 is 0 Å². The van der Waals surface area contributed by atoms with E-state index in [2.05, 4.69) is 191 Å². The average Bonchev–Trinajstić information content (AvgIpc) is 3.37. The van der Waals surface area contributed by atoms with Crippen LogP contribution in [-0.4, -0.2) is 37.2 Å². The van der Waals surface area contributed by atoms with Crippen LogP contribution in [0.1, 0.15) is 188 Å². The van der Waals surface area contributed by atoms with Crippen LogP contribution in [0.2, 0.25) is 0 Å². The van der Waals surface area contributed by atoms with Gasteiger partial charge in [0.25, 0.3) is 0 Å². The second kappa shape index (κ2) is 57.1. The molecule has 0 saturated heterocycles. The molecule has 0 aromatic carbocycles. The molecule has 0 aromatic rings. The molecule has 0 rings (SSSR count). The Bertz CT molecular complexity index is 1730. The molecule has 71 heavy (non-hydrogen) atoms. The number of esters is 3. The van der Waals surface area contributed by atoms with Crippen LogP contribution in [0.4, 0.5) is 0 Å². The number of ether oxygens (including phenoxy) is 3. The van der Waals surface area contributed by atoms with E-state index in [0.29, 0.717) is 19.3 Å². The molecule has 0 aromatic heterocycles. The number of carbonyl (C=O) groups is 3. The highest BCUT2D eigenvalue weighted by molar-refractivity contribution is 5.72. The summed E-state index contributed by atoms with van der Waals surface area (Å²) in [5.41, 5.74) is 0. The minimum atomic E-state index is -0.874. The van der Waals surface area contributed by atoms with E-state index in [9.17, 15) is 14.4 Å². The van der Waals surface area contributed by atoms with Crippen LogP contribution >= 0.6 is 0 Å². The molecule has 0 radical (unpaired) electrons. The van der Waals surface area contributed by atoms with Crippen LogP contribution in [0.5, 0.6) is 0 Å². The van der Waals surface area contributed by atoms with Crippen molar-refractivity contribution < 1.29 is 28.6 Å². The monoisotopic (exact) mass is 973 g/mol. The smallest absolute Gasteiger partial charge is 0.310 e. The molecule has 0 saturated carbocycles. The molecule has 6 heteroatoms. The van der Waals surface area contributed by atoms with Crippen molar-refractivity contribution in [2.75, 3.05) is 13.2 Å². The largest absolute Gasteiger partial charge is 0.462 e. The second-order valence-corrected chi connectivity index (χ2v) is 17.0. The normalized spacial score (nSPS) is 13.6. The molecule has 0 aliphatic heterocycles. The zero-order valence-electron chi connectivity index (χ0n) is 44.6. The van der Waals surface area contributed by atoms with E-state index in [4.69, 9.17) is 14.2 Å². The van der Waals surface area contributed by atoms with Crippen LogP contribution in [0.15, 0.2) is 182 Å². The average molecular weight is 973 g/mol. The molecular weight excluding hydrogens is 877 g/mol. The van der Waals surface area contributed by atoms with E-state index in [0.717, 1.165) is 135 Å². The Morgan fingerprint density at radius 2 is 0.563 bits per heavy atom. The lowest BCUT2D eigenvalue weighted by Crippen LogP contribution is -2.30. The van der Waals surface area contributed by atoms with Gasteiger partial charge >= 0.3 is 17.9 Å². The predicted molar refractivity (Wildman–Crippen MR) is 306 cm³/mol. The minimum Gasteiger partial charge on any atom is -0.462 e. The van der Waals surface area contributed by atoms with Gasteiger partial charge in [-0.3, -0.25) is 14.4 Å². The SMILES string of the molecule is CC/C=C\C/C=C\C/C=C\C/C=C\C/C=C\C/C=C\C/C=C\CCCC(=O)OCC(COC(=O)CCCCCCC/C=C\C/C=C\C/C=C\CC)OC(=O)C/C=C\C/C=C\C/C=C\C/C=C\C/C=C\CC. The van der Waals surface area contributed by atoms with E-state index in [1.165, 1.54) is 0 Å². The van der Waals surface area contributed by atoms with Crippen LogP contribution in [0, 0.1) is 0 Å². The highest BCUT2D eigenvalue weighted by Crippen LogP contribution is 2.10. The quantitative estimate of drug-likeness (QED) is 0.0262. The number of allylic oxidation sites excluding steroid dienone is 29. The first-order valence-electron chi connectivity index (χ1n) is 27.3. The van der Waals surface area contributed by atoms with Gasteiger partial charge in [-0.05, 0) is 128 Å². The summed E-state index contributed by atoms with van der Waals surface area (Å²) in [6.45, 7) is 6.12. The standard InChI is InChI=1S/C65H96O6/c1-4-7-10-13-16-19-22-25-28-29-30-31-32-33-34-35-38-40-43-46-49-52-55-58-64(67)70-61-62(71-65(68)59-56-53-50-47-44-41-37-27-24-21-18-15-12-9-6-3)60-69-63(66)57-54-51-48-45-42-39-36-26-23-20-17-14-11-8-5-2/h7-12,16-21,25-28,30-31,33-34,36-38,40,44,46-47,49,53,56,62H,4-6,13-15,22-24,29,32,35,39,41-43,45,48,50-52,54-55,57-61H2,1-3H3/b10-7-,11-8-,12-9-,19-16-,20-17-,21-18-,28-25-,31-30-,34-33-,36-26-,37-27-,40-38-,47-44-,49-46-,56-53-. The highest BCUT2D eigenvalue weighted by atomic mass is 16.6. The van der Waals surface area contributed by atoms with Crippen LogP contribution in [-0.2, 0) is 28.6 Å². The summed E-state index contributed by atoms with van der Waals surface area (Å²) in [5, 5.41) is 0. The molecule has 0 fully saturated rings. The maximum Gasteiger partial charge on any atom is 0.310 e. The van der Waals surface area contributed by atoms with Gasteiger partial charge in [-0.1, -0.05) is 222 Å². The van der Waals surface area contributed by atoms with Crippen molar-refractivity contribution in [3.63, 3.8) is 0 Å². The lowest BCUT2D eigenvalue weighted by Gasteiger charge is -2.18. The Kier molecular flexibility index (Phi) is 52.7. The maximum absolute atomic E-state index is 12.8. The van der Waals surface area contributed by atoms with Crippen molar-refractivity contribution in [3.05, 3.63) is 182 Å². The third-order valence-electron chi connectivity index (χ3n) is 10.4. The maximum atomic E-state index is 12.8. The fourth-order valence-corrected chi connectivity index (χ4v) is 6.46. The van der Waals surface area contributed by atoms with Gasteiger partial charge in [0.15, 0.2) is 6.10 Å². The van der Waals surface area contributed by atoms with Crippen molar-refractivity contribution in [2.45, 2.75) is 194 Å². The molecule has 392 valence electrons. The summed E-state index contributed by atoms with van der Waals surface area (Å²) in [6, 6.07) is 0. The van der Waals surface area contributed by atoms with Gasteiger partial charge in [-0.15, -0.1) is 0 Å². The first kappa shape index (κ1) is 65.5. The summed E-state index contributed by atoms with van der Waals surface area (Å²) in [4.78, 5) is 38.0. The highest BCUT2D eigenvalue weighted by Gasteiger charge is 2.19. The van der Waals surface area contributed by atoms with Crippen LogP contribution in [0.25, 0.3) is 0 Å². The minimum absolute atomic E-state index is 0.0700. The van der Waals surface area contributed by atoms with Gasteiger partial charge in [-0.25, -0.2) is 0 Å². The van der Waals surface area contributed by atoms with Crippen molar-refractivity contribution in [1.29, 1.82) is 0 Å². The van der Waals surface area contributed by atoms with Crippen LogP contribution in [0.3, 0.4) is 0 Å². The fourth-order valence-electron chi connectivity index (χ4n) is 6.46. The number of hydrogen-bond acceptors (Lipinski definition) is 6. The first-order valence-corrected chi connectivity index (χ1v) is 27.3. The summed E-state index contributed by atoms with van der Waals surface area (Å²) in [5.74, 6) is -1.18. The molecule has 6 nitrogen and oxygen atoms in total. The molecule has 0 aliphatic carbocycles. The third kappa shape index (κ3) is 55.3. The molecule has 1 atom stereocenters. The molecular formula is C65H96O6. The Morgan fingerprint density at radius 3 is 0.915 bits per heavy atom. The Balaban J connectivity index is 4.64. The van der Waals surface area contributed by atoms with Crippen molar-refractivity contribution in [2.24, 2.45) is 0 Å². The van der Waals surface area contributed by atoms with E-state index < -0.39 is 12.1 Å². The molecule has 1 unspecified atom stereocenters. The fraction of sp³-hybridized carbons (Fsp3) is 0.492. The summed E-state index contributed by atoms with van der Waals surface area (Å²) in [6.07, 6.45) is 86.2. The van der Waals surface area contributed by atoms with E-state index in [1.807, 2.05) is 6.08 Å². The van der Waals surface area contributed by atoms with Gasteiger partial charge in [0.1, 0.15) is 13.2 Å². The lowest BCUT2D eigenvalue weighted by atomic mass is 10.1. The second-order valence-electron chi connectivity index (χ2n) is 17.0. The van der Waals surface area contributed by atoms with E-state index in [-0.39, 0.29) is 38.0 Å². The molecule has 0 heterocycles. The molecule has 0 N–H and O–H groups in total. The van der Waals surface area contributed by atoms with Gasteiger partial charge in [0.05, 0.1) is 6.42 Å². The summed E-state index contributed by atoms with van der Waals surface area (Å²) >= 11 is 0. The van der Waals surface area contributed by atoms with Gasteiger partial charge in [-0.2, -0.15) is 0 Å². The first-order chi connectivity index (χ1) is 35.0. The van der Waals surface area contributed by atoms with Gasteiger partial charge < -0.3 is 14.2 Å². The van der Waals surface area contributed by atoms with Crippen molar-refractivity contribution in [1.82, 2.24) is 0 Å². The molecule has 0 spiro atoms. The third-order valence-corrected chi connectivity index (χ3v) is 10.4.